The van der Waals surface area contributed by atoms with Crippen LogP contribution in [-0.4, -0.2) is 21.5 Å². The fourth-order valence-corrected chi connectivity index (χ4v) is 2.54. The van der Waals surface area contributed by atoms with Crippen LogP contribution < -0.4 is 5.32 Å². The summed E-state index contributed by atoms with van der Waals surface area (Å²) in [5, 5.41) is 23.1. The summed E-state index contributed by atoms with van der Waals surface area (Å²) in [6, 6.07) is 3.90. The molecule has 19 heavy (non-hydrogen) atoms. The SMILES string of the molecule is CC1(Nc2ccc([N+](=O)[O-])cc2C(=O)O)CCCC1. The maximum atomic E-state index is 11.2. The maximum Gasteiger partial charge on any atom is 0.338 e. The monoisotopic (exact) mass is 264 g/mol. The second-order valence-electron chi connectivity index (χ2n) is 5.18. The summed E-state index contributed by atoms with van der Waals surface area (Å²) in [6.07, 6.45) is 4.17. The van der Waals surface area contributed by atoms with Crippen LogP contribution in [0.15, 0.2) is 18.2 Å². The zero-order valence-electron chi connectivity index (χ0n) is 10.7. The van der Waals surface area contributed by atoms with Gasteiger partial charge in [-0.05, 0) is 25.8 Å². The molecule has 1 aromatic rings. The van der Waals surface area contributed by atoms with Crippen LogP contribution in [0.3, 0.4) is 0 Å². The number of nitro benzene ring substituents is 1. The predicted molar refractivity (Wildman–Crippen MR) is 70.6 cm³/mol. The second kappa shape index (κ2) is 4.87. The van der Waals surface area contributed by atoms with Gasteiger partial charge in [-0.2, -0.15) is 0 Å². The van der Waals surface area contributed by atoms with Crippen molar-refractivity contribution in [1.82, 2.24) is 0 Å². The van der Waals surface area contributed by atoms with Gasteiger partial charge in [-0.1, -0.05) is 12.8 Å². The van der Waals surface area contributed by atoms with E-state index in [4.69, 9.17) is 5.11 Å². The van der Waals surface area contributed by atoms with Crippen molar-refractivity contribution in [3.05, 3.63) is 33.9 Å². The van der Waals surface area contributed by atoms with Crippen LogP contribution in [0, 0.1) is 10.1 Å². The molecule has 0 aromatic heterocycles. The smallest absolute Gasteiger partial charge is 0.338 e. The van der Waals surface area contributed by atoms with E-state index in [1.807, 2.05) is 6.92 Å². The molecule has 1 aliphatic rings. The number of hydrogen-bond donors (Lipinski definition) is 2. The number of hydrogen-bond acceptors (Lipinski definition) is 4. The minimum atomic E-state index is -1.16. The van der Waals surface area contributed by atoms with E-state index in [0.717, 1.165) is 31.7 Å². The number of carboxylic acids is 1. The molecule has 1 fully saturated rings. The van der Waals surface area contributed by atoms with Gasteiger partial charge in [0.2, 0.25) is 0 Å². The summed E-state index contributed by atoms with van der Waals surface area (Å²) < 4.78 is 0. The third-order valence-electron chi connectivity index (χ3n) is 3.59. The first kappa shape index (κ1) is 13.3. The van der Waals surface area contributed by atoms with Crippen molar-refractivity contribution in [3.8, 4) is 0 Å². The van der Waals surface area contributed by atoms with Crippen LogP contribution in [-0.2, 0) is 0 Å². The van der Waals surface area contributed by atoms with Gasteiger partial charge in [-0.3, -0.25) is 10.1 Å². The lowest BCUT2D eigenvalue weighted by molar-refractivity contribution is -0.384. The minimum Gasteiger partial charge on any atom is -0.478 e. The second-order valence-corrected chi connectivity index (χ2v) is 5.18. The van der Waals surface area contributed by atoms with Gasteiger partial charge in [0.25, 0.3) is 5.69 Å². The first-order valence-electron chi connectivity index (χ1n) is 6.21. The van der Waals surface area contributed by atoms with Crippen molar-refractivity contribution in [2.45, 2.75) is 38.1 Å². The average Bonchev–Trinajstić information content (AvgIpc) is 2.75. The third-order valence-corrected chi connectivity index (χ3v) is 3.59. The molecular weight excluding hydrogens is 248 g/mol. The average molecular weight is 264 g/mol. The van der Waals surface area contributed by atoms with E-state index >= 15 is 0 Å². The number of rotatable bonds is 4. The van der Waals surface area contributed by atoms with Gasteiger partial charge < -0.3 is 10.4 Å². The molecule has 1 aromatic carbocycles. The first-order chi connectivity index (χ1) is 8.91. The van der Waals surface area contributed by atoms with Crippen molar-refractivity contribution in [2.24, 2.45) is 0 Å². The lowest BCUT2D eigenvalue weighted by atomic mass is 9.99. The number of nitro groups is 1. The number of nitrogens with one attached hydrogen (secondary N) is 1. The van der Waals surface area contributed by atoms with E-state index in [0.29, 0.717) is 5.69 Å². The molecule has 0 aliphatic heterocycles. The Hall–Kier alpha value is -2.11. The van der Waals surface area contributed by atoms with E-state index < -0.39 is 10.9 Å². The molecule has 0 atom stereocenters. The Labute approximate surface area is 110 Å². The highest BCUT2D eigenvalue weighted by atomic mass is 16.6. The minimum absolute atomic E-state index is 0.0534. The number of anilines is 1. The Bertz CT molecular complexity index is 521. The van der Waals surface area contributed by atoms with Crippen LogP contribution >= 0.6 is 0 Å². The molecule has 6 heteroatoms. The zero-order valence-corrected chi connectivity index (χ0v) is 10.7. The van der Waals surface area contributed by atoms with E-state index in [1.54, 1.807) is 0 Å². The Kier molecular flexibility index (Phi) is 3.42. The Morgan fingerprint density at radius 1 is 1.42 bits per heavy atom. The van der Waals surface area contributed by atoms with Gasteiger partial charge in [0.05, 0.1) is 10.5 Å². The van der Waals surface area contributed by atoms with Gasteiger partial charge in [0, 0.05) is 23.4 Å². The van der Waals surface area contributed by atoms with Crippen molar-refractivity contribution < 1.29 is 14.8 Å². The van der Waals surface area contributed by atoms with E-state index in [2.05, 4.69) is 5.32 Å². The highest BCUT2D eigenvalue weighted by Gasteiger charge is 2.30. The molecule has 1 aliphatic carbocycles. The van der Waals surface area contributed by atoms with Crippen molar-refractivity contribution in [2.75, 3.05) is 5.32 Å². The molecular formula is C13H16N2O4. The summed E-state index contributed by atoms with van der Waals surface area (Å²) >= 11 is 0. The van der Waals surface area contributed by atoms with Crippen LogP contribution in [0.4, 0.5) is 11.4 Å². The van der Waals surface area contributed by atoms with Crippen molar-refractivity contribution in [3.63, 3.8) is 0 Å². The summed E-state index contributed by atoms with van der Waals surface area (Å²) in [4.78, 5) is 21.3. The number of benzene rings is 1. The normalized spacial score (nSPS) is 17.1. The van der Waals surface area contributed by atoms with Crippen molar-refractivity contribution in [1.29, 1.82) is 0 Å². The van der Waals surface area contributed by atoms with Crippen LogP contribution in [0.5, 0.6) is 0 Å². The molecule has 0 spiro atoms. The molecule has 0 bridgehead atoms. The van der Waals surface area contributed by atoms with Gasteiger partial charge in [-0.25, -0.2) is 4.79 Å². The molecule has 0 radical (unpaired) electrons. The first-order valence-corrected chi connectivity index (χ1v) is 6.21. The molecule has 0 unspecified atom stereocenters. The number of non-ortho nitro benzene ring substituents is 1. The lowest BCUT2D eigenvalue weighted by Crippen LogP contribution is -2.31. The van der Waals surface area contributed by atoms with Gasteiger partial charge in [0.1, 0.15) is 0 Å². The van der Waals surface area contributed by atoms with Gasteiger partial charge in [-0.15, -0.1) is 0 Å². The van der Waals surface area contributed by atoms with Crippen LogP contribution in [0.2, 0.25) is 0 Å². The molecule has 0 heterocycles. The predicted octanol–water partition coefficient (Wildman–Crippen LogP) is 3.04. The summed E-state index contributed by atoms with van der Waals surface area (Å²) in [5.74, 6) is -1.16. The molecule has 2 rings (SSSR count). The van der Waals surface area contributed by atoms with E-state index in [9.17, 15) is 14.9 Å². The topological polar surface area (TPSA) is 92.5 Å². The zero-order chi connectivity index (χ0) is 14.0. The van der Waals surface area contributed by atoms with Crippen molar-refractivity contribution >= 4 is 17.3 Å². The standard InChI is InChI=1S/C13H16N2O4/c1-13(6-2-3-7-13)14-11-5-4-9(15(18)19)8-10(11)12(16)17/h4-5,8,14H,2-3,6-7H2,1H3,(H,16,17). The molecule has 102 valence electrons. The molecule has 1 saturated carbocycles. The quantitative estimate of drug-likeness (QED) is 0.644. The van der Waals surface area contributed by atoms with Crippen LogP contribution in [0.25, 0.3) is 0 Å². The molecule has 0 saturated heterocycles. The Morgan fingerprint density at radius 2 is 2.05 bits per heavy atom. The summed E-state index contributed by atoms with van der Waals surface area (Å²) in [5.41, 5.74) is 0.0599. The van der Waals surface area contributed by atoms with E-state index in [1.165, 1.54) is 12.1 Å². The number of carboxylic acid groups (broad SMARTS) is 1. The van der Waals surface area contributed by atoms with Crippen LogP contribution in [0.1, 0.15) is 43.0 Å². The van der Waals surface area contributed by atoms with E-state index in [-0.39, 0.29) is 16.8 Å². The lowest BCUT2D eigenvalue weighted by Gasteiger charge is -2.27. The fraction of sp³-hybridized carbons (Fsp3) is 0.462. The largest absolute Gasteiger partial charge is 0.478 e. The Balaban J connectivity index is 2.34. The number of nitrogens with zero attached hydrogens (tertiary/aromatic N) is 1. The number of carbonyl (C=O) groups is 1. The Morgan fingerprint density at radius 3 is 2.58 bits per heavy atom. The summed E-state index contributed by atoms with van der Waals surface area (Å²) in [6.45, 7) is 2.05. The number of aromatic carboxylic acids is 1. The maximum absolute atomic E-state index is 11.2. The third kappa shape index (κ3) is 2.83. The summed E-state index contributed by atoms with van der Waals surface area (Å²) in [7, 11) is 0. The highest BCUT2D eigenvalue weighted by molar-refractivity contribution is 5.95. The van der Waals surface area contributed by atoms with Gasteiger partial charge in [0.15, 0.2) is 0 Å². The molecule has 2 N–H and O–H groups in total. The highest BCUT2D eigenvalue weighted by Crippen LogP contribution is 2.34. The van der Waals surface area contributed by atoms with Gasteiger partial charge >= 0.3 is 5.97 Å². The molecule has 0 amide bonds. The fourth-order valence-electron chi connectivity index (χ4n) is 2.54. The molecule has 6 nitrogen and oxygen atoms in total.